The molecule has 1 aromatic heterocycles. The zero-order valence-corrected chi connectivity index (χ0v) is 11.5. The Balaban J connectivity index is 2.20. The molecule has 0 aliphatic carbocycles. The third kappa shape index (κ3) is 3.09. The quantitative estimate of drug-likeness (QED) is 0.868. The zero-order valence-electron chi connectivity index (χ0n) is 11.5. The van der Waals surface area contributed by atoms with Gasteiger partial charge in [0.25, 0.3) is 0 Å². The van der Waals surface area contributed by atoms with E-state index in [1.807, 2.05) is 51.1 Å². The molecule has 0 saturated heterocycles. The summed E-state index contributed by atoms with van der Waals surface area (Å²) in [5.41, 5.74) is 7.23. The van der Waals surface area contributed by atoms with E-state index in [4.69, 9.17) is 5.73 Å². The van der Waals surface area contributed by atoms with Crippen LogP contribution in [0, 0.1) is 5.41 Å². The van der Waals surface area contributed by atoms with Gasteiger partial charge in [-0.1, -0.05) is 39.0 Å². The fourth-order valence-electron chi connectivity index (χ4n) is 1.75. The summed E-state index contributed by atoms with van der Waals surface area (Å²) in [6.45, 7) is 5.82. The number of nitrogens with one attached hydrogen (secondary N) is 1. The Morgan fingerprint density at radius 1 is 1.32 bits per heavy atom. The average Bonchev–Trinajstić information content (AvgIpc) is 2.36. The molecule has 1 unspecified atom stereocenters. The number of nitrogens with zero attached hydrogens (tertiary/aromatic N) is 1. The van der Waals surface area contributed by atoms with Crippen molar-refractivity contribution >= 4 is 22.5 Å². The predicted molar refractivity (Wildman–Crippen MR) is 77.8 cm³/mol. The summed E-state index contributed by atoms with van der Waals surface area (Å²) in [6.07, 6.45) is 1.65. The second kappa shape index (κ2) is 4.97. The van der Waals surface area contributed by atoms with Crippen molar-refractivity contribution < 1.29 is 4.79 Å². The molecule has 3 N–H and O–H groups in total. The molecule has 2 aromatic rings. The Hall–Kier alpha value is -1.94. The maximum absolute atomic E-state index is 12.0. The van der Waals surface area contributed by atoms with Crippen molar-refractivity contribution in [2.24, 2.45) is 11.1 Å². The molecule has 0 aliphatic heterocycles. The minimum atomic E-state index is -0.557. The number of benzene rings is 1. The topological polar surface area (TPSA) is 68.0 Å². The van der Waals surface area contributed by atoms with E-state index in [-0.39, 0.29) is 11.3 Å². The van der Waals surface area contributed by atoms with Crippen molar-refractivity contribution in [2.75, 3.05) is 5.32 Å². The van der Waals surface area contributed by atoms with Gasteiger partial charge in [0.05, 0.1) is 23.4 Å². The van der Waals surface area contributed by atoms with Crippen molar-refractivity contribution in [3.05, 3.63) is 36.5 Å². The SMILES string of the molecule is CC(C)(C)C(N)C(=O)Nc1cnc2ccccc2c1. The first-order valence-corrected chi connectivity index (χ1v) is 6.29. The monoisotopic (exact) mass is 257 g/mol. The van der Waals surface area contributed by atoms with Gasteiger partial charge in [0.1, 0.15) is 0 Å². The molecule has 4 nitrogen and oxygen atoms in total. The molecule has 0 radical (unpaired) electrons. The number of carbonyl (C=O) groups excluding carboxylic acids is 1. The van der Waals surface area contributed by atoms with Gasteiger partial charge in [0.2, 0.25) is 5.91 Å². The van der Waals surface area contributed by atoms with E-state index in [1.165, 1.54) is 0 Å². The van der Waals surface area contributed by atoms with E-state index < -0.39 is 6.04 Å². The average molecular weight is 257 g/mol. The van der Waals surface area contributed by atoms with E-state index >= 15 is 0 Å². The van der Waals surface area contributed by atoms with Crippen LogP contribution < -0.4 is 11.1 Å². The summed E-state index contributed by atoms with van der Waals surface area (Å²) in [5, 5.41) is 3.80. The minimum absolute atomic E-state index is 0.190. The number of hydrogen-bond donors (Lipinski definition) is 2. The molecule has 0 spiro atoms. The van der Waals surface area contributed by atoms with Gasteiger partial charge in [0.15, 0.2) is 0 Å². The standard InChI is InChI=1S/C15H19N3O/c1-15(2,3)13(16)14(19)18-11-8-10-6-4-5-7-12(10)17-9-11/h4-9,13H,16H2,1-3H3,(H,18,19). The van der Waals surface area contributed by atoms with Crippen molar-refractivity contribution in [2.45, 2.75) is 26.8 Å². The summed E-state index contributed by atoms with van der Waals surface area (Å²) in [7, 11) is 0. The summed E-state index contributed by atoms with van der Waals surface area (Å²) in [5.74, 6) is -0.190. The number of carbonyl (C=O) groups is 1. The number of anilines is 1. The Bertz CT molecular complexity index is 602. The number of pyridine rings is 1. The second-order valence-corrected chi connectivity index (χ2v) is 5.75. The molecule has 1 heterocycles. The van der Waals surface area contributed by atoms with Crippen LogP contribution >= 0.6 is 0 Å². The van der Waals surface area contributed by atoms with Gasteiger partial charge in [-0.15, -0.1) is 0 Å². The maximum atomic E-state index is 12.0. The number of nitrogens with two attached hydrogens (primary N) is 1. The van der Waals surface area contributed by atoms with Crippen LogP contribution in [0.25, 0.3) is 10.9 Å². The zero-order chi connectivity index (χ0) is 14.0. The molecule has 19 heavy (non-hydrogen) atoms. The molecule has 1 atom stereocenters. The van der Waals surface area contributed by atoms with Crippen LogP contribution in [0.15, 0.2) is 36.5 Å². The van der Waals surface area contributed by atoms with Crippen molar-refractivity contribution in [3.8, 4) is 0 Å². The highest BCUT2D eigenvalue weighted by Gasteiger charge is 2.27. The van der Waals surface area contributed by atoms with Crippen LogP contribution in [0.4, 0.5) is 5.69 Å². The van der Waals surface area contributed by atoms with Gasteiger partial charge >= 0.3 is 0 Å². The molecule has 4 heteroatoms. The Morgan fingerprint density at radius 3 is 2.68 bits per heavy atom. The van der Waals surface area contributed by atoms with Gasteiger partial charge in [0, 0.05) is 5.39 Å². The largest absolute Gasteiger partial charge is 0.323 e. The molecule has 0 aliphatic rings. The second-order valence-electron chi connectivity index (χ2n) is 5.75. The van der Waals surface area contributed by atoms with E-state index in [1.54, 1.807) is 6.20 Å². The molecule has 2 rings (SSSR count). The summed E-state index contributed by atoms with van der Waals surface area (Å²) in [4.78, 5) is 16.3. The maximum Gasteiger partial charge on any atom is 0.241 e. The molecule has 1 aromatic carbocycles. The van der Waals surface area contributed by atoms with E-state index in [0.717, 1.165) is 10.9 Å². The third-order valence-corrected chi connectivity index (χ3v) is 3.07. The molecule has 0 bridgehead atoms. The lowest BCUT2D eigenvalue weighted by molar-refractivity contribution is -0.119. The highest BCUT2D eigenvalue weighted by Crippen LogP contribution is 2.20. The first-order chi connectivity index (χ1) is 8.88. The lowest BCUT2D eigenvalue weighted by Gasteiger charge is -2.25. The lowest BCUT2D eigenvalue weighted by atomic mass is 9.87. The predicted octanol–water partition coefficient (Wildman–Crippen LogP) is 2.55. The number of fused-ring (bicyclic) bond motifs is 1. The number of amides is 1. The van der Waals surface area contributed by atoms with Gasteiger partial charge in [-0.25, -0.2) is 0 Å². The summed E-state index contributed by atoms with van der Waals surface area (Å²) in [6, 6.07) is 9.11. The lowest BCUT2D eigenvalue weighted by Crippen LogP contribution is -2.45. The van der Waals surface area contributed by atoms with E-state index in [0.29, 0.717) is 5.69 Å². The number of aromatic nitrogens is 1. The highest BCUT2D eigenvalue weighted by molar-refractivity contribution is 5.96. The van der Waals surface area contributed by atoms with Gasteiger partial charge in [-0.3, -0.25) is 9.78 Å². The normalized spacial score (nSPS) is 13.3. The Kier molecular flexibility index (Phi) is 3.53. The Labute approximate surface area is 113 Å². The van der Waals surface area contributed by atoms with Crippen LogP contribution in [-0.2, 0) is 4.79 Å². The third-order valence-electron chi connectivity index (χ3n) is 3.07. The van der Waals surface area contributed by atoms with Crippen LogP contribution in [0.1, 0.15) is 20.8 Å². The van der Waals surface area contributed by atoms with Crippen LogP contribution in [0.5, 0.6) is 0 Å². The summed E-state index contributed by atoms with van der Waals surface area (Å²) >= 11 is 0. The molecule has 1 amide bonds. The van der Waals surface area contributed by atoms with Gasteiger partial charge in [-0.05, 0) is 17.5 Å². The molecule has 0 saturated carbocycles. The van der Waals surface area contributed by atoms with Crippen molar-refractivity contribution in [3.63, 3.8) is 0 Å². The summed E-state index contributed by atoms with van der Waals surface area (Å²) < 4.78 is 0. The number of rotatable bonds is 2. The van der Waals surface area contributed by atoms with Crippen molar-refractivity contribution in [1.82, 2.24) is 4.98 Å². The van der Waals surface area contributed by atoms with Gasteiger partial charge < -0.3 is 11.1 Å². The smallest absolute Gasteiger partial charge is 0.241 e. The first kappa shape index (κ1) is 13.5. The van der Waals surface area contributed by atoms with Crippen molar-refractivity contribution in [1.29, 1.82) is 0 Å². The number of hydrogen-bond acceptors (Lipinski definition) is 3. The van der Waals surface area contributed by atoms with Gasteiger partial charge in [-0.2, -0.15) is 0 Å². The van der Waals surface area contributed by atoms with Crippen LogP contribution in [0.2, 0.25) is 0 Å². The Morgan fingerprint density at radius 2 is 2.00 bits per heavy atom. The molecule has 0 fully saturated rings. The minimum Gasteiger partial charge on any atom is -0.323 e. The van der Waals surface area contributed by atoms with E-state index in [2.05, 4.69) is 10.3 Å². The molecule has 100 valence electrons. The first-order valence-electron chi connectivity index (χ1n) is 6.29. The fraction of sp³-hybridized carbons (Fsp3) is 0.333. The molecular formula is C15H19N3O. The highest BCUT2D eigenvalue weighted by atomic mass is 16.2. The number of para-hydroxylation sites is 1. The van der Waals surface area contributed by atoms with E-state index in [9.17, 15) is 4.79 Å². The fourth-order valence-corrected chi connectivity index (χ4v) is 1.75. The van der Waals surface area contributed by atoms with Crippen LogP contribution in [-0.4, -0.2) is 16.9 Å². The van der Waals surface area contributed by atoms with Crippen LogP contribution in [0.3, 0.4) is 0 Å². The molecular weight excluding hydrogens is 238 g/mol.